The monoisotopic (exact) mass is 407 g/mol. The molecule has 7 heteroatoms. The second-order valence-electron chi connectivity index (χ2n) is 8.53. The second-order valence-corrected chi connectivity index (χ2v) is 9.54. The molecule has 0 amide bonds. The molecular formula is C22H25N5OS. The van der Waals surface area contributed by atoms with Crippen molar-refractivity contribution in [2.75, 3.05) is 7.11 Å². The van der Waals surface area contributed by atoms with Crippen molar-refractivity contribution in [3.05, 3.63) is 36.4 Å². The lowest BCUT2D eigenvalue weighted by molar-refractivity contribution is 0.220. The van der Waals surface area contributed by atoms with Crippen LogP contribution in [0.25, 0.3) is 26.3 Å². The molecule has 0 saturated carbocycles. The van der Waals surface area contributed by atoms with E-state index >= 15 is 0 Å². The van der Waals surface area contributed by atoms with Gasteiger partial charge >= 0.3 is 0 Å². The summed E-state index contributed by atoms with van der Waals surface area (Å²) < 4.78 is 9.63. The molecule has 5 heterocycles. The predicted molar refractivity (Wildman–Crippen MR) is 116 cm³/mol. The third kappa shape index (κ3) is 2.95. The molecule has 6 rings (SSSR count). The van der Waals surface area contributed by atoms with Crippen molar-refractivity contribution in [1.29, 1.82) is 0 Å². The van der Waals surface area contributed by atoms with Crippen LogP contribution in [0.5, 0.6) is 5.75 Å². The number of nitrogens with zero attached hydrogens (tertiary/aromatic N) is 4. The number of piperidine rings is 2. The Kier molecular flexibility index (Phi) is 3.96. The number of rotatable bonds is 3. The maximum atomic E-state index is 5.59. The van der Waals surface area contributed by atoms with Crippen molar-refractivity contribution in [2.45, 2.75) is 50.1 Å². The quantitative estimate of drug-likeness (QED) is 0.549. The molecule has 150 valence electrons. The molecule has 6 nitrogen and oxygen atoms in total. The van der Waals surface area contributed by atoms with Gasteiger partial charge in [-0.15, -0.1) is 0 Å². The van der Waals surface area contributed by atoms with E-state index < -0.39 is 0 Å². The number of methoxy groups -OCH3 is 1. The number of aromatic nitrogens is 4. The zero-order valence-corrected chi connectivity index (χ0v) is 17.6. The van der Waals surface area contributed by atoms with E-state index in [0.717, 1.165) is 27.2 Å². The molecule has 1 aromatic carbocycles. The fourth-order valence-electron chi connectivity index (χ4n) is 5.17. The van der Waals surface area contributed by atoms with E-state index in [4.69, 9.17) is 9.72 Å². The minimum absolute atomic E-state index is 0.592. The van der Waals surface area contributed by atoms with Gasteiger partial charge in [-0.3, -0.25) is 9.08 Å². The molecule has 0 radical (unpaired) electrons. The van der Waals surface area contributed by atoms with Crippen molar-refractivity contribution >= 4 is 27.2 Å². The van der Waals surface area contributed by atoms with Crippen molar-refractivity contribution in [3.8, 4) is 16.2 Å². The molecule has 4 aromatic rings. The Hall–Kier alpha value is -2.38. The fraction of sp³-hybridized carbons (Fsp3) is 0.455. The number of fused-ring (bicyclic) bond motifs is 4. The maximum absolute atomic E-state index is 5.59. The van der Waals surface area contributed by atoms with Gasteiger partial charge in [-0.05, 0) is 43.4 Å². The van der Waals surface area contributed by atoms with Crippen molar-refractivity contribution in [3.63, 3.8) is 0 Å². The van der Waals surface area contributed by atoms with Gasteiger partial charge in [0.2, 0.25) is 0 Å². The average molecular weight is 408 g/mol. The summed E-state index contributed by atoms with van der Waals surface area (Å²) in [6.07, 6.45) is 13.0. The first kappa shape index (κ1) is 17.5. The first-order valence-corrected chi connectivity index (χ1v) is 11.2. The van der Waals surface area contributed by atoms with Gasteiger partial charge in [-0.25, -0.2) is 4.98 Å². The van der Waals surface area contributed by atoms with E-state index in [1.807, 2.05) is 17.9 Å². The van der Waals surface area contributed by atoms with Crippen LogP contribution in [0, 0.1) is 0 Å². The van der Waals surface area contributed by atoms with Gasteiger partial charge in [0, 0.05) is 49.0 Å². The molecule has 2 aliphatic heterocycles. The van der Waals surface area contributed by atoms with E-state index in [-0.39, 0.29) is 0 Å². The zero-order chi connectivity index (χ0) is 19.5. The summed E-state index contributed by atoms with van der Waals surface area (Å²) in [7, 11) is 3.64. The number of ether oxygens (including phenoxy) is 1. The van der Waals surface area contributed by atoms with Crippen LogP contribution < -0.4 is 10.1 Å². The summed E-state index contributed by atoms with van der Waals surface area (Å²) in [5.74, 6) is 1.40. The molecule has 2 atom stereocenters. The van der Waals surface area contributed by atoms with Crippen LogP contribution in [0.3, 0.4) is 0 Å². The van der Waals surface area contributed by atoms with Crippen LogP contribution in [0.2, 0.25) is 0 Å². The van der Waals surface area contributed by atoms with Gasteiger partial charge in [0.15, 0.2) is 4.96 Å². The van der Waals surface area contributed by atoms with Crippen LogP contribution in [0.4, 0.5) is 0 Å². The van der Waals surface area contributed by atoms with Gasteiger partial charge < -0.3 is 10.1 Å². The Bertz CT molecular complexity index is 1160. The Morgan fingerprint density at radius 2 is 1.97 bits per heavy atom. The third-order valence-electron chi connectivity index (χ3n) is 6.50. The molecule has 2 unspecified atom stereocenters. The lowest BCUT2D eigenvalue weighted by atomic mass is 9.79. The van der Waals surface area contributed by atoms with Crippen molar-refractivity contribution < 1.29 is 4.74 Å². The summed E-state index contributed by atoms with van der Waals surface area (Å²) in [5, 5.41) is 9.39. The number of hydrogen-bond donors (Lipinski definition) is 1. The van der Waals surface area contributed by atoms with E-state index in [1.165, 1.54) is 42.7 Å². The largest absolute Gasteiger partial charge is 0.494 e. The smallest absolute Gasteiger partial charge is 0.194 e. The van der Waals surface area contributed by atoms with Gasteiger partial charge in [0.1, 0.15) is 11.3 Å². The Labute approximate surface area is 173 Å². The van der Waals surface area contributed by atoms with Crippen LogP contribution in [0.1, 0.15) is 43.7 Å². The fourth-order valence-corrected chi connectivity index (χ4v) is 6.13. The third-order valence-corrected chi connectivity index (χ3v) is 7.55. The molecule has 2 saturated heterocycles. The number of thiazole rings is 1. The van der Waals surface area contributed by atoms with E-state index in [0.29, 0.717) is 18.0 Å². The lowest BCUT2D eigenvalue weighted by Gasteiger charge is -2.39. The number of aryl methyl sites for hydroxylation is 1. The summed E-state index contributed by atoms with van der Waals surface area (Å²) in [5.41, 5.74) is 3.32. The molecule has 1 N–H and O–H groups in total. The van der Waals surface area contributed by atoms with Gasteiger partial charge in [0.05, 0.1) is 17.7 Å². The highest BCUT2D eigenvalue weighted by Gasteiger charge is 2.33. The Morgan fingerprint density at radius 1 is 1.14 bits per heavy atom. The van der Waals surface area contributed by atoms with E-state index in [2.05, 4.69) is 39.3 Å². The van der Waals surface area contributed by atoms with Crippen LogP contribution in [0.15, 0.2) is 30.7 Å². The van der Waals surface area contributed by atoms with E-state index in [1.54, 1.807) is 18.4 Å². The van der Waals surface area contributed by atoms with Gasteiger partial charge in [-0.1, -0.05) is 17.8 Å². The Balaban J connectivity index is 1.34. The molecule has 2 bridgehead atoms. The standard InChI is InChI=1S/C22H25N5OS/c1-26-10-15-6-14(9-19(28-2)21(15)25-26)20-12-27-11-18(24-22(27)29-20)13-7-16-4-3-5-17(8-13)23-16/h6,9-13,16-17,23H,3-5,7-8H2,1-2H3. The minimum atomic E-state index is 0.592. The summed E-state index contributed by atoms with van der Waals surface area (Å²) >= 11 is 1.74. The SMILES string of the molecule is COc1cc(-c2cn3cc(C4CC5CCCC(C4)N5)nc3s2)cc2cn(C)nc12. The number of hydrogen-bond acceptors (Lipinski definition) is 5. The highest BCUT2D eigenvalue weighted by atomic mass is 32.1. The first-order valence-electron chi connectivity index (χ1n) is 10.4. The number of benzene rings is 1. The predicted octanol–water partition coefficient (Wildman–Crippen LogP) is 4.35. The second kappa shape index (κ2) is 6.57. The van der Waals surface area contributed by atoms with Gasteiger partial charge in [0.25, 0.3) is 0 Å². The van der Waals surface area contributed by atoms with Gasteiger partial charge in [-0.2, -0.15) is 5.10 Å². The normalized spacial score (nSPS) is 24.4. The highest BCUT2D eigenvalue weighted by molar-refractivity contribution is 7.20. The highest BCUT2D eigenvalue weighted by Crippen LogP contribution is 2.38. The minimum Gasteiger partial charge on any atom is -0.494 e. The molecule has 2 fully saturated rings. The molecule has 29 heavy (non-hydrogen) atoms. The lowest BCUT2D eigenvalue weighted by Crippen LogP contribution is -2.47. The van der Waals surface area contributed by atoms with Crippen molar-refractivity contribution in [1.82, 2.24) is 24.5 Å². The number of nitrogens with one attached hydrogen (secondary N) is 1. The molecule has 0 spiro atoms. The summed E-state index contributed by atoms with van der Waals surface area (Å²) in [6.45, 7) is 0. The molecule has 2 aliphatic rings. The topological polar surface area (TPSA) is 56.4 Å². The summed E-state index contributed by atoms with van der Waals surface area (Å²) in [4.78, 5) is 7.30. The van der Waals surface area contributed by atoms with Crippen LogP contribution >= 0.6 is 11.3 Å². The van der Waals surface area contributed by atoms with E-state index in [9.17, 15) is 0 Å². The van der Waals surface area contributed by atoms with Crippen molar-refractivity contribution in [2.24, 2.45) is 7.05 Å². The van der Waals surface area contributed by atoms with Crippen LogP contribution in [-0.4, -0.2) is 38.4 Å². The number of imidazole rings is 1. The molecular weight excluding hydrogens is 382 g/mol. The molecule has 3 aromatic heterocycles. The summed E-state index contributed by atoms with van der Waals surface area (Å²) in [6, 6.07) is 5.63. The zero-order valence-electron chi connectivity index (χ0n) is 16.8. The first-order chi connectivity index (χ1) is 14.2. The molecule has 0 aliphatic carbocycles. The van der Waals surface area contributed by atoms with Crippen LogP contribution in [-0.2, 0) is 7.05 Å². The Morgan fingerprint density at radius 3 is 2.72 bits per heavy atom. The maximum Gasteiger partial charge on any atom is 0.194 e. The average Bonchev–Trinajstić information content (AvgIpc) is 3.38.